The molecule has 0 aliphatic heterocycles. The molecule has 6 heteroatoms. The maximum Gasteiger partial charge on any atom is 0.115 e. The Hall–Kier alpha value is -0.980. The lowest BCUT2D eigenvalue weighted by Crippen LogP contribution is -2.16. The van der Waals surface area contributed by atoms with Gasteiger partial charge in [-0.15, -0.1) is 11.3 Å². The fourth-order valence-electron chi connectivity index (χ4n) is 1.83. The van der Waals surface area contributed by atoms with E-state index in [2.05, 4.69) is 33.2 Å². The number of hydrogen-bond acceptors (Lipinski definition) is 4. The number of rotatable bonds is 5. The van der Waals surface area contributed by atoms with Gasteiger partial charge in [-0.3, -0.25) is 0 Å². The summed E-state index contributed by atoms with van der Waals surface area (Å²) in [7, 11) is 0. The van der Waals surface area contributed by atoms with Crippen molar-refractivity contribution < 1.29 is 0 Å². The number of nitrogens with zero attached hydrogens (tertiary/aromatic N) is 1. The van der Waals surface area contributed by atoms with Crippen molar-refractivity contribution in [3.63, 3.8) is 0 Å². The molecule has 0 spiro atoms. The highest BCUT2D eigenvalue weighted by atomic mass is 79.9. The van der Waals surface area contributed by atoms with Crippen LogP contribution in [-0.2, 0) is 0 Å². The zero-order chi connectivity index (χ0) is 13.8. The molecule has 0 aliphatic rings. The minimum Gasteiger partial charge on any atom is -0.389 e. The number of aromatic nitrogens is 1. The molecule has 0 amide bonds. The highest BCUT2D eigenvalue weighted by Crippen LogP contribution is 2.30. The smallest absolute Gasteiger partial charge is 0.115 e. The monoisotopic (exact) mass is 355 g/mol. The Morgan fingerprint density at radius 3 is 2.95 bits per heavy atom. The van der Waals surface area contributed by atoms with Gasteiger partial charge in [0.05, 0.1) is 6.04 Å². The van der Waals surface area contributed by atoms with Crippen molar-refractivity contribution >= 4 is 50.2 Å². The molecule has 0 saturated heterocycles. The summed E-state index contributed by atoms with van der Waals surface area (Å²) < 4.78 is 0.902. The van der Waals surface area contributed by atoms with Gasteiger partial charge >= 0.3 is 0 Å². The summed E-state index contributed by atoms with van der Waals surface area (Å²) in [4.78, 5) is 4.74. The van der Waals surface area contributed by atoms with E-state index < -0.39 is 0 Å². The highest BCUT2D eigenvalue weighted by molar-refractivity contribution is 9.10. The number of benzene rings is 1. The maximum absolute atomic E-state index is 5.80. The van der Waals surface area contributed by atoms with Crippen LogP contribution in [0.1, 0.15) is 30.0 Å². The van der Waals surface area contributed by atoms with Gasteiger partial charge in [0, 0.05) is 27.3 Å². The van der Waals surface area contributed by atoms with Crippen molar-refractivity contribution in [3.8, 4) is 0 Å². The van der Waals surface area contributed by atoms with Gasteiger partial charge in [-0.2, -0.15) is 0 Å². The molecular weight excluding hydrogens is 342 g/mol. The third-order valence-electron chi connectivity index (χ3n) is 2.75. The van der Waals surface area contributed by atoms with E-state index in [0.29, 0.717) is 4.99 Å². The highest BCUT2D eigenvalue weighted by Gasteiger charge is 2.15. The van der Waals surface area contributed by atoms with Crippen LogP contribution in [0.25, 0.3) is 0 Å². The number of nitrogens with two attached hydrogens (primary N) is 1. The lowest BCUT2D eigenvalue weighted by Gasteiger charge is -2.19. The Kier molecular flexibility index (Phi) is 4.90. The van der Waals surface area contributed by atoms with Crippen LogP contribution in [0, 0.1) is 0 Å². The molecule has 19 heavy (non-hydrogen) atoms. The molecule has 3 nitrogen and oxygen atoms in total. The van der Waals surface area contributed by atoms with Crippen LogP contribution in [0.4, 0.5) is 5.69 Å². The van der Waals surface area contributed by atoms with E-state index in [1.807, 2.05) is 29.8 Å². The van der Waals surface area contributed by atoms with E-state index in [1.54, 1.807) is 11.3 Å². The standard InChI is InChI=1S/C13H14BrN3S2/c1-2-9(13-16-6-7-19-13)17-10-5-3-4-8(14)11(10)12(15)18/h3-7,9,17H,2H2,1H3,(H2,15,18). The molecule has 3 N–H and O–H groups in total. The van der Waals surface area contributed by atoms with Gasteiger partial charge in [-0.25, -0.2) is 4.98 Å². The second kappa shape index (κ2) is 6.45. The SMILES string of the molecule is CCC(Nc1cccc(Br)c1C(N)=S)c1nccs1. The van der Waals surface area contributed by atoms with Crippen molar-refractivity contribution in [2.24, 2.45) is 5.73 Å². The molecule has 2 rings (SSSR count). The van der Waals surface area contributed by atoms with Crippen LogP contribution < -0.4 is 11.1 Å². The molecule has 0 fully saturated rings. The summed E-state index contributed by atoms with van der Waals surface area (Å²) in [5.74, 6) is 0. The molecule has 0 aliphatic carbocycles. The zero-order valence-electron chi connectivity index (χ0n) is 10.4. The minimum atomic E-state index is 0.169. The van der Waals surface area contributed by atoms with Crippen molar-refractivity contribution in [2.75, 3.05) is 5.32 Å². The molecule has 1 heterocycles. The topological polar surface area (TPSA) is 50.9 Å². The van der Waals surface area contributed by atoms with E-state index in [-0.39, 0.29) is 6.04 Å². The minimum absolute atomic E-state index is 0.169. The van der Waals surface area contributed by atoms with Crippen LogP contribution in [0.5, 0.6) is 0 Å². The van der Waals surface area contributed by atoms with E-state index in [4.69, 9.17) is 18.0 Å². The Labute approximate surface area is 130 Å². The van der Waals surface area contributed by atoms with Crippen LogP contribution in [0.15, 0.2) is 34.2 Å². The number of anilines is 1. The lowest BCUT2D eigenvalue weighted by atomic mass is 10.1. The van der Waals surface area contributed by atoms with Crippen molar-refractivity contribution in [2.45, 2.75) is 19.4 Å². The first-order valence-corrected chi connectivity index (χ1v) is 7.95. The van der Waals surface area contributed by atoms with Gasteiger partial charge in [-0.1, -0.05) is 25.2 Å². The summed E-state index contributed by atoms with van der Waals surface area (Å²) in [5, 5.41) is 6.52. The fraction of sp³-hybridized carbons (Fsp3) is 0.231. The number of halogens is 1. The summed E-state index contributed by atoms with van der Waals surface area (Å²) >= 11 is 10.3. The van der Waals surface area contributed by atoms with Gasteiger partial charge in [0.15, 0.2) is 0 Å². The number of nitrogens with one attached hydrogen (secondary N) is 1. The van der Waals surface area contributed by atoms with Gasteiger partial charge in [0.25, 0.3) is 0 Å². The zero-order valence-corrected chi connectivity index (χ0v) is 13.6. The Bertz CT molecular complexity index is 569. The summed E-state index contributed by atoms with van der Waals surface area (Å²) in [6.07, 6.45) is 2.76. The second-order valence-electron chi connectivity index (χ2n) is 4.00. The molecule has 1 atom stereocenters. The van der Waals surface area contributed by atoms with E-state index in [1.165, 1.54) is 0 Å². The average molecular weight is 356 g/mol. The number of thiocarbonyl (C=S) groups is 1. The molecule has 100 valence electrons. The molecule has 0 radical (unpaired) electrons. The Morgan fingerprint density at radius 1 is 1.58 bits per heavy atom. The van der Waals surface area contributed by atoms with Crippen molar-refractivity contribution in [1.29, 1.82) is 0 Å². The summed E-state index contributed by atoms with van der Waals surface area (Å²) in [6.45, 7) is 2.12. The predicted octanol–water partition coefficient (Wildman–Crippen LogP) is 4.10. The summed E-state index contributed by atoms with van der Waals surface area (Å²) in [5.41, 5.74) is 7.57. The van der Waals surface area contributed by atoms with E-state index in [0.717, 1.165) is 27.2 Å². The van der Waals surface area contributed by atoms with Crippen molar-refractivity contribution in [3.05, 3.63) is 44.8 Å². The third-order valence-corrected chi connectivity index (χ3v) is 4.50. The molecule has 2 aromatic rings. The Balaban J connectivity index is 2.32. The van der Waals surface area contributed by atoms with Gasteiger partial charge in [0.1, 0.15) is 10.00 Å². The molecule has 1 aromatic heterocycles. The third kappa shape index (κ3) is 3.32. The molecular formula is C13H14BrN3S2. The first-order valence-electron chi connectivity index (χ1n) is 5.87. The lowest BCUT2D eigenvalue weighted by molar-refractivity contribution is 0.742. The number of hydrogen-bond donors (Lipinski definition) is 2. The first kappa shape index (κ1) is 14.4. The predicted molar refractivity (Wildman–Crippen MR) is 88.8 cm³/mol. The normalized spacial score (nSPS) is 12.1. The van der Waals surface area contributed by atoms with Crippen LogP contribution in [0.2, 0.25) is 0 Å². The second-order valence-corrected chi connectivity index (χ2v) is 6.22. The van der Waals surface area contributed by atoms with Crippen LogP contribution in [0.3, 0.4) is 0 Å². The van der Waals surface area contributed by atoms with Crippen molar-refractivity contribution in [1.82, 2.24) is 4.98 Å². The number of thiazole rings is 1. The average Bonchev–Trinajstić information content (AvgIpc) is 2.89. The fourth-order valence-corrected chi connectivity index (χ4v) is 3.53. The Morgan fingerprint density at radius 2 is 2.37 bits per heavy atom. The molecule has 0 saturated carbocycles. The summed E-state index contributed by atoms with van der Waals surface area (Å²) in [6, 6.07) is 6.05. The molecule has 0 bridgehead atoms. The van der Waals surface area contributed by atoms with E-state index >= 15 is 0 Å². The van der Waals surface area contributed by atoms with E-state index in [9.17, 15) is 0 Å². The molecule has 1 unspecified atom stereocenters. The first-order chi connectivity index (χ1) is 9.13. The van der Waals surface area contributed by atoms with Gasteiger partial charge < -0.3 is 11.1 Å². The quantitative estimate of drug-likeness (QED) is 0.792. The van der Waals surface area contributed by atoms with Crippen LogP contribution in [-0.4, -0.2) is 9.97 Å². The van der Waals surface area contributed by atoms with Gasteiger partial charge in [0.2, 0.25) is 0 Å². The largest absolute Gasteiger partial charge is 0.389 e. The molecule has 1 aromatic carbocycles. The van der Waals surface area contributed by atoms with Gasteiger partial charge in [-0.05, 0) is 34.5 Å². The maximum atomic E-state index is 5.80. The van der Waals surface area contributed by atoms with Crippen LogP contribution >= 0.6 is 39.5 Å².